The SMILES string of the molecule is NC(=O)Nc1cc2c(-c3cc(C(F)F)cc(C4CCOC4)n3)cn(C3COC3)c2cn1. The molecular weight excluding hydrogens is 408 g/mol. The van der Waals surface area contributed by atoms with Crippen LogP contribution >= 0.6 is 0 Å². The van der Waals surface area contributed by atoms with Crippen molar-refractivity contribution in [3.8, 4) is 11.3 Å². The molecule has 0 radical (unpaired) electrons. The monoisotopic (exact) mass is 429 g/mol. The van der Waals surface area contributed by atoms with Gasteiger partial charge >= 0.3 is 6.03 Å². The van der Waals surface area contributed by atoms with E-state index in [2.05, 4.69) is 10.3 Å². The number of carbonyl (C=O) groups excluding carboxylic acids is 1. The summed E-state index contributed by atoms with van der Waals surface area (Å²) >= 11 is 0. The molecule has 31 heavy (non-hydrogen) atoms. The lowest BCUT2D eigenvalue weighted by Crippen LogP contribution is -2.30. The lowest BCUT2D eigenvalue weighted by molar-refractivity contribution is -0.0213. The molecule has 2 aliphatic rings. The number of pyridine rings is 2. The van der Waals surface area contributed by atoms with Gasteiger partial charge in [-0.1, -0.05) is 0 Å². The molecule has 162 valence electrons. The predicted molar refractivity (Wildman–Crippen MR) is 109 cm³/mol. The Hall–Kier alpha value is -3.11. The summed E-state index contributed by atoms with van der Waals surface area (Å²) in [5.74, 6) is 0.262. The summed E-state index contributed by atoms with van der Waals surface area (Å²) in [4.78, 5) is 20.3. The summed E-state index contributed by atoms with van der Waals surface area (Å²) in [6.45, 7) is 2.17. The Balaban J connectivity index is 1.68. The van der Waals surface area contributed by atoms with Crippen LogP contribution in [-0.2, 0) is 9.47 Å². The standard InChI is InChI=1S/C21H21F2N5O3/c22-20(23)12-3-16(11-1-2-30-8-11)26-17(4-12)15-7-28(13-9-31-10-13)18-6-25-19(5-14(15)18)27-21(24)29/h3-7,11,13,20H,1-2,8-10H2,(H3,24,25,27,29). The second-order valence-corrected chi connectivity index (χ2v) is 7.79. The maximum atomic E-state index is 13.7. The number of fused-ring (bicyclic) bond motifs is 1. The molecule has 0 spiro atoms. The normalized spacial score (nSPS) is 19.1. The molecule has 3 aromatic rings. The molecule has 0 saturated carbocycles. The van der Waals surface area contributed by atoms with Gasteiger partial charge in [0.05, 0.1) is 43.3 Å². The van der Waals surface area contributed by atoms with Gasteiger partial charge in [-0.2, -0.15) is 0 Å². The van der Waals surface area contributed by atoms with Crippen LogP contribution in [-0.4, -0.2) is 47.0 Å². The van der Waals surface area contributed by atoms with Crippen LogP contribution in [0.4, 0.5) is 19.4 Å². The van der Waals surface area contributed by atoms with Crippen molar-refractivity contribution in [1.82, 2.24) is 14.5 Å². The molecule has 3 N–H and O–H groups in total. The van der Waals surface area contributed by atoms with E-state index in [9.17, 15) is 13.6 Å². The zero-order valence-electron chi connectivity index (χ0n) is 16.6. The van der Waals surface area contributed by atoms with E-state index in [1.54, 1.807) is 12.3 Å². The Bertz CT molecular complexity index is 1140. The second kappa shape index (κ2) is 7.86. The summed E-state index contributed by atoms with van der Waals surface area (Å²) in [5.41, 5.74) is 7.67. The third-order valence-corrected chi connectivity index (χ3v) is 5.73. The van der Waals surface area contributed by atoms with E-state index >= 15 is 0 Å². The van der Waals surface area contributed by atoms with Gasteiger partial charge in [0.1, 0.15) is 5.82 Å². The van der Waals surface area contributed by atoms with Gasteiger partial charge in [-0.05, 0) is 24.6 Å². The van der Waals surface area contributed by atoms with Crippen molar-refractivity contribution in [2.45, 2.75) is 24.8 Å². The first kappa shape index (κ1) is 19.8. The van der Waals surface area contributed by atoms with Crippen LogP contribution in [0.5, 0.6) is 0 Å². The number of carbonyl (C=O) groups is 1. The van der Waals surface area contributed by atoms with E-state index in [1.165, 1.54) is 12.1 Å². The molecule has 1 unspecified atom stereocenters. The Labute approximate surface area is 176 Å². The van der Waals surface area contributed by atoms with Crippen molar-refractivity contribution >= 4 is 22.8 Å². The number of amides is 2. The first-order valence-electron chi connectivity index (χ1n) is 10.0. The Morgan fingerprint density at radius 3 is 2.71 bits per heavy atom. The number of ether oxygens (including phenoxy) is 2. The number of rotatable bonds is 5. The maximum Gasteiger partial charge on any atom is 0.317 e. The quantitative estimate of drug-likeness (QED) is 0.645. The number of primary amides is 1. The van der Waals surface area contributed by atoms with E-state index in [-0.39, 0.29) is 23.3 Å². The lowest BCUT2D eigenvalue weighted by Gasteiger charge is -2.28. The third kappa shape index (κ3) is 3.72. The Kier molecular flexibility index (Phi) is 5.03. The van der Waals surface area contributed by atoms with Crippen molar-refractivity contribution in [1.29, 1.82) is 0 Å². The van der Waals surface area contributed by atoms with E-state index in [4.69, 9.17) is 20.2 Å². The molecule has 5 rings (SSSR count). The molecule has 2 saturated heterocycles. The number of hydrogen-bond donors (Lipinski definition) is 2. The van der Waals surface area contributed by atoms with Crippen LogP contribution in [0.1, 0.15) is 36.1 Å². The number of anilines is 1. The molecule has 10 heteroatoms. The maximum absolute atomic E-state index is 13.7. The second-order valence-electron chi connectivity index (χ2n) is 7.79. The minimum Gasteiger partial charge on any atom is -0.381 e. The van der Waals surface area contributed by atoms with Gasteiger partial charge in [-0.25, -0.2) is 18.6 Å². The van der Waals surface area contributed by atoms with Gasteiger partial charge in [0.15, 0.2) is 0 Å². The summed E-state index contributed by atoms with van der Waals surface area (Å²) in [5, 5.41) is 3.20. The predicted octanol–water partition coefficient (Wildman–Crippen LogP) is 3.60. The molecule has 0 aliphatic carbocycles. The molecule has 2 amide bonds. The minimum absolute atomic E-state index is 0.0143. The lowest BCUT2D eigenvalue weighted by atomic mass is 10.0. The number of hydrogen-bond acceptors (Lipinski definition) is 5. The first-order chi connectivity index (χ1) is 15.0. The first-order valence-corrected chi connectivity index (χ1v) is 10.0. The van der Waals surface area contributed by atoms with Gasteiger partial charge in [0, 0.05) is 40.9 Å². The highest BCUT2D eigenvalue weighted by molar-refractivity contribution is 5.98. The van der Waals surface area contributed by atoms with Crippen molar-refractivity contribution in [2.24, 2.45) is 5.73 Å². The highest BCUT2D eigenvalue weighted by atomic mass is 19.3. The topological polar surface area (TPSA) is 104 Å². The molecular formula is C21H21F2N5O3. The fourth-order valence-corrected chi connectivity index (χ4v) is 4.05. The number of urea groups is 1. The van der Waals surface area contributed by atoms with Gasteiger partial charge in [0.2, 0.25) is 0 Å². The van der Waals surface area contributed by atoms with E-state index in [0.29, 0.717) is 43.4 Å². The number of halogens is 2. The minimum atomic E-state index is -2.62. The van der Waals surface area contributed by atoms with Gasteiger partial charge < -0.3 is 19.8 Å². The largest absolute Gasteiger partial charge is 0.381 e. The van der Waals surface area contributed by atoms with Gasteiger partial charge in [0.25, 0.3) is 6.43 Å². The van der Waals surface area contributed by atoms with Gasteiger partial charge in [-0.15, -0.1) is 0 Å². The molecule has 0 aromatic carbocycles. The van der Waals surface area contributed by atoms with Crippen LogP contribution in [0, 0.1) is 0 Å². The zero-order chi connectivity index (χ0) is 21.5. The fraction of sp³-hybridized carbons (Fsp3) is 0.381. The molecule has 0 bridgehead atoms. The summed E-state index contributed by atoms with van der Waals surface area (Å²) in [6, 6.07) is 3.95. The van der Waals surface area contributed by atoms with Crippen molar-refractivity contribution in [2.75, 3.05) is 31.7 Å². The smallest absolute Gasteiger partial charge is 0.317 e. The Morgan fingerprint density at radius 2 is 2.06 bits per heavy atom. The van der Waals surface area contributed by atoms with Crippen molar-refractivity contribution in [3.05, 3.63) is 41.9 Å². The third-order valence-electron chi connectivity index (χ3n) is 5.73. The zero-order valence-corrected chi connectivity index (χ0v) is 16.6. The summed E-state index contributed by atoms with van der Waals surface area (Å²) in [6.07, 6.45) is 1.65. The van der Waals surface area contributed by atoms with E-state index < -0.39 is 12.5 Å². The number of alkyl halides is 2. The van der Waals surface area contributed by atoms with Crippen LogP contribution in [0.15, 0.2) is 30.6 Å². The van der Waals surface area contributed by atoms with Crippen molar-refractivity contribution in [3.63, 3.8) is 0 Å². The highest BCUT2D eigenvalue weighted by Gasteiger charge is 2.26. The van der Waals surface area contributed by atoms with Crippen LogP contribution in [0.25, 0.3) is 22.2 Å². The molecule has 3 aromatic heterocycles. The molecule has 5 heterocycles. The van der Waals surface area contributed by atoms with Crippen LogP contribution in [0.3, 0.4) is 0 Å². The number of aromatic nitrogens is 3. The number of nitrogens with zero attached hydrogens (tertiary/aromatic N) is 3. The Morgan fingerprint density at radius 1 is 1.23 bits per heavy atom. The highest BCUT2D eigenvalue weighted by Crippen LogP contribution is 2.37. The summed E-state index contributed by atoms with van der Waals surface area (Å²) < 4.78 is 40.2. The molecule has 8 nitrogen and oxygen atoms in total. The van der Waals surface area contributed by atoms with E-state index in [1.807, 2.05) is 10.8 Å². The van der Waals surface area contributed by atoms with Gasteiger partial charge in [-0.3, -0.25) is 10.3 Å². The molecule has 2 aliphatic heterocycles. The number of nitrogens with two attached hydrogens (primary N) is 1. The van der Waals surface area contributed by atoms with Crippen LogP contribution in [0.2, 0.25) is 0 Å². The molecule has 2 fully saturated rings. The average molecular weight is 429 g/mol. The van der Waals surface area contributed by atoms with E-state index in [0.717, 1.165) is 17.3 Å². The number of nitrogens with one attached hydrogen (secondary N) is 1. The van der Waals surface area contributed by atoms with Crippen LogP contribution < -0.4 is 11.1 Å². The average Bonchev–Trinajstić information content (AvgIpc) is 3.35. The summed E-state index contributed by atoms with van der Waals surface area (Å²) in [7, 11) is 0. The van der Waals surface area contributed by atoms with Crippen molar-refractivity contribution < 1.29 is 23.0 Å². The fourth-order valence-electron chi connectivity index (χ4n) is 4.05. The molecule has 1 atom stereocenters.